The second-order valence-electron chi connectivity index (χ2n) is 8.34. The predicted octanol–water partition coefficient (Wildman–Crippen LogP) is 3.97. The lowest BCUT2D eigenvalue weighted by Crippen LogP contribution is -2.23. The summed E-state index contributed by atoms with van der Waals surface area (Å²) in [5.74, 6) is 3.53. The summed E-state index contributed by atoms with van der Waals surface area (Å²) in [6.45, 7) is 5.38. The summed E-state index contributed by atoms with van der Waals surface area (Å²) in [4.78, 5) is 16.8. The van der Waals surface area contributed by atoms with Gasteiger partial charge in [-0.1, -0.05) is 19.0 Å². The molecule has 1 aliphatic heterocycles. The van der Waals surface area contributed by atoms with E-state index < -0.39 is 0 Å². The molecule has 5 rings (SSSR count). The molecule has 3 heterocycles. The van der Waals surface area contributed by atoms with Crippen LogP contribution >= 0.6 is 0 Å². The molecule has 0 unspecified atom stereocenters. The van der Waals surface area contributed by atoms with Crippen LogP contribution in [0.5, 0.6) is 17.2 Å². The molecule has 4 aromatic rings. The number of aryl methyl sites for hydroxylation is 2. The number of aromatic nitrogens is 4. The Balaban J connectivity index is 1.26. The van der Waals surface area contributed by atoms with Gasteiger partial charge in [-0.05, 0) is 54.4 Å². The lowest BCUT2D eigenvalue weighted by Gasteiger charge is -2.08. The Bertz CT molecular complexity index is 1340. The molecule has 34 heavy (non-hydrogen) atoms. The maximum Gasteiger partial charge on any atom is 0.266 e. The molecule has 174 valence electrons. The van der Waals surface area contributed by atoms with Crippen molar-refractivity contribution < 1.29 is 18.7 Å². The van der Waals surface area contributed by atoms with Crippen LogP contribution in [0, 0.1) is 5.92 Å². The maximum atomic E-state index is 12.3. The Morgan fingerprint density at radius 2 is 1.79 bits per heavy atom. The summed E-state index contributed by atoms with van der Waals surface area (Å²) in [7, 11) is 0. The first-order chi connectivity index (χ1) is 16.5. The van der Waals surface area contributed by atoms with Crippen molar-refractivity contribution in [3.05, 3.63) is 70.8 Å². The first-order valence-corrected chi connectivity index (χ1v) is 11.1. The predicted molar refractivity (Wildman–Crippen MR) is 124 cm³/mol. The third kappa shape index (κ3) is 4.78. The van der Waals surface area contributed by atoms with Crippen LogP contribution in [0.2, 0.25) is 0 Å². The first kappa shape index (κ1) is 21.7. The SMILES string of the molecule is CC(C)COc1ccc(-c2noc(CCn3nc(-c4ccc5c(c4)OCO5)ccc3=O)n2)cc1. The third-order valence-corrected chi connectivity index (χ3v) is 5.24. The monoisotopic (exact) mass is 460 g/mol. The minimum atomic E-state index is -0.207. The summed E-state index contributed by atoms with van der Waals surface area (Å²) < 4.78 is 23.3. The fourth-order valence-corrected chi connectivity index (χ4v) is 3.46. The molecular formula is C25H24N4O5. The molecule has 0 aliphatic carbocycles. The van der Waals surface area contributed by atoms with Crippen LogP contribution < -0.4 is 19.8 Å². The molecule has 0 N–H and O–H groups in total. The summed E-state index contributed by atoms with van der Waals surface area (Å²) in [6.07, 6.45) is 0.375. The van der Waals surface area contributed by atoms with Gasteiger partial charge in [0.15, 0.2) is 11.5 Å². The largest absolute Gasteiger partial charge is 0.493 e. The van der Waals surface area contributed by atoms with Gasteiger partial charge in [-0.3, -0.25) is 4.79 Å². The highest BCUT2D eigenvalue weighted by atomic mass is 16.7. The lowest BCUT2D eigenvalue weighted by molar-refractivity contribution is 0.174. The normalized spacial score (nSPS) is 12.3. The first-order valence-electron chi connectivity index (χ1n) is 11.1. The smallest absolute Gasteiger partial charge is 0.266 e. The van der Waals surface area contributed by atoms with Gasteiger partial charge >= 0.3 is 0 Å². The van der Waals surface area contributed by atoms with E-state index in [1.54, 1.807) is 6.07 Å². The lowest BCUT2D eigenvalue weighted by atomic mass is 10.1. The zero-order valence-electron chi connectivity index (χ0n) is 18.9. The van der Waals surface area contributed by atoms with Crippen molar-refractivity contribution >= 4 is 0 Å². The van der Waals surface area contributed by atoms with Gasteiger partial charge in [0.05, 0.1) is 18.8 Å². The van der Waals surface area contributed by atoms with Gasteiger partial charge in [-0.15, -0.1) is 0 Å². The summed E-state index contributed by atoms with van der Waals surface area (Å²) in [5, 5.41) is 8.55. The van der Waals surface area contributed by atoms with E-state index in [0.717, 1.165) is 16.9 Å². The van der Waals surface area contributed by atoms with Crippen LogP contribution in [0.1, 0.15) is 19.7 Å². The summed E-state index contributed by atoms with van der Waals surface area (Å²) in [5.41, 5.74) is 2.11. The molecule has 0 radical (unpaired) electrons. The highest BCUT2D eigenvalue weighted by molar-refractivity contribution is 5.63. The van der Waals surface area contributed by atoms with Gasteiger partial charge in [-0.25, -0.2) is 4.68 Å². The molecule has 9 nitrogen and oxygen atoms in total. The molecule has 2 aromatic heterocycles. The highest BCUT2D eigenvalue weighted by Crippen LogP contribution is 2.35. The molecule has 0 bridgehead atoms. The van der Waals surface area contributed by atoms with Gasteiger partial charge in [0.1, 0.15) is 5.75 Å². The summed E-state index contributed by atoms with van der Waals surface area (Å²) in [6, 6.07) is 16.3. The molecule has 0 saturated carbocycles. The van der Waals surface area contributed by atoms with Crippen molar-refractivity contribution in [1.82, 2.24) is 19.9 Å². The molecule has 0 saturated heterocycles. The Hall–Kier alpha value is -4.14. The van der Waals surface area contributed by atoms with E-state index >= 15 is 0 Å². The van der Waals surface area contributed by atoms with Crippen LogP contribution in [0.4, 0.5) is 0 Å². The maximum absolute atomic E-state index is 12.3. The Morgan fingerprint density at radius 1 is 1.00 bits per heavy atom. The van der Waals surface area contributed by atoms with Crippen LogP contribution in [-0.2, 0) is 13.0 Å². The van der Waals surface area contributed by atoms with Gasteiger partial charge in [0.2, 0.25) is 18.5 Å². The number of nitrogens with zero attached hydrogens (tertiary/aromatic N) is 4. The van der Waals surface area contributed by atoms with Crippen molar-refractivity contribution in [2.75, 3.05) is 13.4 Å². The quantitative estimate of drug-likeness (QED) is 0.389. The molecule has 9 heteroatoms. The number of fused-ring (bicyclic) bond motifs is 1. The van der Waals surface area contributed by atoms with Gasteiger partial charge < -0.3 is 18.7 Å². The standard InChI is InChI=1S/C25H24N4O5/c1-16(2)14-31-19-6-3-17(4-7-19)25-26-23(34-28-25)11-12-29-24(30)10-8-20(27-29)18-5-9-21-22(13-18)33-15-32-21/h3-10,13,16H,11-12,14-15H2,1-2H3. The number of hydrogen-bond acceptors (Lipinski definition) is 8. The van der Waals surface area contributed by atoms with Crippen molar-refractivity contribution in [3.8, 4) is 39.9 Å². The number of ether oxygens (including phenoxy) is 3. The second-order valence-corrected chi connectivity index (χ2v) is 8.34. The fraction of sp³-hybridized carbons (Fsp3) is 0.280. The van der Waals surface area contributed by atoms with Crippen molar-refractivity contribution in [1.29, 1.82) is 0 Å². The van der Waals surface area contributed by atoms with Crippen molar-refractivity contribution in [2.24, 2.45) is 5.92 Å². The topological polar surface area (TPSA) is 102 Å². The molecule has 0 fully saturated rings. The van der Waals surface area contributed by atoms with Gasteiger partial charge in [-0.2, -0.15) is 10.1 Å². The van der Waals surface area contributed by atoms with Crippen LogP contribution in [0.15, 0.2) is 63.9 Å². The van der Waals surface area contributed by atoms with Crippen molar-refractivity contribution in [3.63, 3.8) is 0 Å². The van der Waals surface area contributed by atoms with E-state index in [1.165, 1.54) is 10.7 Å². The average molecular weight is 460 g/mol. The molecule has 2 aromatic carbocycles. The highest BCUT2D eigenvalue weighted by Gasteiger charge is 2.15. The second kappa shape index (κ2) is 9.38. The third-order valence-electron chi connectivity index (χ3n) is 5.24. The molecule has 0 amide bonds. The van der Waals surface area contributed by atoms with E-state index in [9.17, 15) is 4.79 Å². The van der Waals surface area contributed by atoms with Gasteiger partial charge in [0, 0.05) is 23.6 Å². The Kier molecular flexibility index (Phi) is 5.99. The molecule has 0 atom stereocenters. The number of hydrogen-bond donors (Lipinski definition) is 0. The minimum absolute atomic E-state index is 0.202. The fourth-order valence-electron chi connectivity index (χ4n) is 3.46. The Morgan fingerprint density at radius 3 is 2.62 bits per heavy atom. The zero-order valence-corrected chi connectivity index (χ0v) is 18.9. The van der Waals surface area contributed by atoms with Crippen molar-refractivity contribution in [2.45, 2.75) is 26.8 Å². The average Bonchev–Trinajstić information content (AvgIpc) is 3.52. The summed E-state index contributed by atoms with van der Waals surface area (Å²) >= 11 is 0. The molecule has 1 aliphatic rings. The van der Waals surface area contributed by atoms with Crippen LogP contribution in [-0.4, -0.2) is 33.3 Å². The Labute approximate surface area is 195 Å². The van der Waals surface area contributed by atoms with E-state index in [0.29, 0.717) is 54.4 Å². The molecule has 0 spiro atoms. The number of rotatable bonds is 8. The van der Waals surface area contributed by atoms with Gasteiger partial charge in [0.25, 0.3) is 5.56 Å². The van der Waals surface area contributed by atoms with E-state index in [2.05, 4.69) is 29.1 Å². The van der Waals surface area contributed by atoms with Crippen LogP contribution in [0.25, 0.3) is 22.6 Å². The van der Waals surface area contributed by atoms with E-state index in [-0.39, 0.29) is 12.4 Å². The van der Waals surface area contributed by atoms with Crippen LogP contribution in [0.3, 0.4) is 0 Å². The molecular weight excluding hydrogens is 436 g/mol. The van der Waals surface area contributed by atoms with E-state index in [1.807, 2.05) is 42.5 Å². The minimum Gasteiger partial charge on any atom is -0.493 e. The van der Waals surface area contributed by atoms with E-state index in [4.69, 9.17) is 18.7 Å². The zero-order chi connectivity index (χ0) is 23.5. The number of benzene rings is 2.